The first-order valence-electron chi connectivity index (χ1n) is 11.8. The van der Waals surface area contributed by atoms with E-state index >= 15 is 0 Å². The first-order valence-corrected chi connectivity index (χ1v) is 11.8. The van der Waals surface area contributed by atoms with Crippen LogP contribution in [0.5, 0.6) is 5.75 Å². The second-order valence-corrected chi connectivity index (χ2v) is 8.79. The predicted octanol–water partition coefficient (Wildman–Crippen LogP) is 1.72. The molecule has 0 bridgehead atoms. The maximum absolute atomic E-state index is 12.6. The molecule has 0 saturated heterocycles. The molecule has 1 heterocycles. The average Bonchev–Trinajstić information content (AvgIpc) is 3.35. The second-order valence-electron chi connectivity index (χ2n) is 8.79. The molecule has 1 atom stereocenters. The zero-order chi connectivity index (χ0) is 26.7. The smallest absolute Gasteiger partial charge is 0.407 e. The average molecular weight is 512 g/mol. The Balaban J connectivity index is 1.65. The Morgan fingerprint density at radius 2 is 1.81 bits per heavy atom. The highest BCUT2D eigenvalue weighted by Gasteiger charge is 2.28. The molecule has 0 saturated carbocycles. The van der Waals surface area contributed by atoms with Gasteiger partial charge < -0.3 is 30.6 Å². The molecule has 0 fully saturated rings. The van der Waals surface area contributed by atoms with E-state index in [1.807, 2.05) is 48.5 Å². The van der Waals surface area contributed by atoms with Crippen LogP contribution in [0.3, 0.4) is 0 Å². The molecule has 198 valence electrons. The van der Waals surface area contributed by atoms with Crippen LogP contribution in [0, 0.1) is 0 Å². The quantitative estimate of drug-likeness (QED) is 0.311. The van der Waals surface area contributed by atoms with Crippen LogP contribution in [-0.2, 0) is 34.0 Å². The van der Waals surface area contributed by atoms with Gasteiger partial charge in [0, 0.05) is 12.6 Å². The van der Waals surface area contributed by atoms with Gasteiger partial charge in [-0.05, 0) is 35.9 Å². The third-order valence-electron chi connectivity index (χ3n) is 5.25. The molecule has 0 aliphatic rings. The highest BCUT2D eigenvalue weighted by Crippen LogP contribution is 2.19. The summed E-state index contributed by atoms with van der Waals surface area (Å²) in [5, 5.41) is 17.3. The summed E-state index contributed by atoms with van der Waals surface area (Å²) >= 11 is 0. The number of aromatic nitrogens is 4. The summed E-state index contributed by atoms with van der Waals surface area (Å²) in [5.41, 5.74) is 6.60. The van der Waals surface area contributed by atoms with E-state index in [1.165, 1.54) is 7.05 Å². The van der Waals surface area contributed by atoms with Crippen molar-refractivity contribution in [3.05, 3.63) is 71.5 Å². The van der Waals surface area contributed by atoms with Gasteiger partial charge in [-0.25, -0.2) is 9.48 Å². The summed E-state index contributed by atoms with van der Waals surface area (Å²) in [6, 6.07) is 16.3. The molecule has 12 nitrogen and oxygen atoms in total. The number of carbonyl (C=O) groups excluding carboxylic acids is 2. The topological polar surface area (TPSA) is 156 Å². The number of hydrogen-bond acceptors (Lipinski definition) is 9. The van der Waals surface area contributed by atoms with Gasteiger partial charge in [0.2, 0.25) is 5.91 Å². The van der Waals surface area contributed by atoms with E-state index in [0.717, 1.165) is 5.56 Å². The molecule has 0 spiro atoms. The van der Waals surface area contributed by atoms with E-state index in [1.54, 1.807) is 24.6 Å². The monoisotopic (exact) mass is 511 g/mol. The highest BCUT2D eigenvalue weighted by molar-refractivity contribution is 5.85. The minimum absolute atomic E-state index is 0.0632. The first kappa shape index (κ1) is 27.6. The van der Waals surface area contributed by atoms with Gasteiger partial charge in [-0.3, -0.25) is 4.79 Å². The molecule has 4 N–H and O–H groups in total. The van der Waals surface area contributed by atoms with Crippen LogP contribution < -0.4 is 21.1 Å². The van der Waals surface area contributed by atoms with Crippen LogP contribution in [-0.4, -0.2) is 58.0 Å². The number of nitrogens with two attached hydrogens (primary N) is 1. The van der Waals surface area contributed by atoms with Crippen molar-refractivity contribution in [1.82, 2.24) is 30.8 Å². The molecule has 3 aromatic rings. The number of nitrogens with one attached hydrogen (secondary N) is 2. The molecular weight excluding hydrogens is 478 g/mol. The van der Waals surface area contributed by atoms with Crippen molar-refractivity contribution < 1.29 is 23.8 Å². The lowest BCUT2D eigenvalue weighted by Gasteiger charge is -2.24. The summed E-state index contributed by atoms with van der Waals surface area (Å²) in [7, 11) is 1.49. The second kappa shape index (κ2) is 13.3. The largest absolute Gasteiger partial charge is 0.491 e. The number of benzene rings is 2. The molecule has 3 rings (SSSR count). The zero-order valence-electron chi connectivity index (χ0n) is 21.2. The SMILES string of the molecule is CNC(=O)OCc1ccccc1OCCn1nnnc1[C@@H](COCc1ccccc1)NC(=O)C(C)(C)N. The number of tetrazole rings is 1. The Labute approximate surface area is 215 Å². The van der Waals surface area contributed by atoms with Crippen molar-refractivity contribution in [1.29, 1.82) is 0 Å². The van der Waals surface area contributed by atoms with Gasteiger partial charge >= 0.3 is 6.09 Å². The molecule has 0 aliphatic heterocycles. The van der Waals surface area contributed by atoms with Crippen LogP contribution in [0.2, 0.25) is 0 Å². The van der Waals surface area contributed by atoms with Gasteiger partial charge in [0.25, 0.3) is 0 Å². The number of nitrogens with zero attached hydrogens (tertiary/aromatic N) is 4. The predicted molar refractivity (Wildman–Crippen MR) is 134 cm³/mol. The summed E-state index contributed by atoms with van der Waals surface area (Å²) in [4.78, 5) is 24.1. The van der Waals surface area contributed by atoms with Crippen LogP contribution in [0.1, 0.15) is 36.8 Å². The van der Waals surface area contributed by atoms with Crippen molar-refractivity contribution >= 4 is 12.0 Å². The van der Waals surface area contributed by atoms with Crippen molar-refractivity contribution in [2.24, 2.45) is 5.73 Å². The van der Waals surface area contributed by atoms with Gasteiger partial charge in [-0.1, -0.05) is 48.5 Å². The summed E-state index contributed by atoms with van der Waals surface area (Å²) in [6.07, 6.45) is -0.531. The normalized spacial score (nSPS) is 12.0. The van der Waals surface area contributed by atoms with Crippen molar-refractivity contribution in [3.63, 3.8) is 0 Å². The van der Waals surface area contributed by atoms with Gasteiger partial charge in [0.1, 0.15) is 25.0 Å². The number of ether oxygens (including phenoxy) is 3. The zero-order valence-corrected chi connectivity index (χ0v) is 21.2. The molecular formula is C25H33N7O5. The number of rotatable bonds is 13. The van der Waals surface area contributed by atoms with Crippen LogP contribution in [0.15, 0.2) is 54.6 Å². The van der Waals surface area contributed by atoms with Gasteiger partial charge in [0.15, 0.2) is 5.82 Å². The Hall–Kier alpha value is -4.03. The number of alkyl carbamates (subject to hydrolysis) is 1. The van der Waals surface area contributed by atoms with E-state index in [2.05, 4.69) is 26.2 Å². The lowest BCUT2D eigenvalue weighted by Crippen LogP contribution is -2.51. The molecule has 0 aliphatic carbocycles. The highest BCUT2D eigenvalue weighted by atomic mass is 16.5. The van der Waals surface area contributed by atoms with Crippen molar-refractivity contribution in [3.8, 4) is 5.75 Å². The molecule has 12 heteroatoms. The summed E-state index contributed by atoms with van der Waals surface area (Å²) < 4.78 is 18.5. The molecule has 0 radical (unpaired) electrons. The lowest BCUT2D eigenvalue weighted by molar-refractivity contribution is -0.126. The fraction of sp³-hybridized carbons (Fsp3) is 0.400. The lowest BCUT2D eigenvalue weighted by atomic mass is 10.1. The fourth-order valence-corrected chi connectivity index (χ4v) is 3.24. The Kier molecular flexibility index (Phi) is 9.92. The third-order valence-corrected chi connectivity index (χ3v) is 5.25. The Morgan fingerprint density at radius 3 is 2.54 bits per heavy atom. The van der Waals surface area contributed by atoms with E-state index in [9.17, 15) is 9.59 Å². The summed E-state index contributed by atoms with van der Waals surface area (Å²) in [6.45, 7) is 4.32. The van der Waals surface area contributed by atoms with E-state index in [-0.39, 0.29) is 25.7 Å². The van der Waals surface area contributed by atoms with E-state index in [0.29, 0.717) is 30.3 Å². The minimum atomic E-state index is -1.10. The Morgan fingerprint density at radius 1 is 1.08 bits per heavy atom. The van der Waals surface area contributed by atoms with E-state index < -0.39 is 17.7 Å². The maximum atomic E-state index is 12.6. The van der Waals surface area contributed by atoms with Crippen molar-refractivity contribution in [2.75, 3.05) is 20.3 Å². The molecule has 2 aromatic carbocycles. The molecule has 1 aromatic heterocycles. The van der Waals surface area contributed by atoms with Gasteiger partial charge in [-0.2, -0.15) is 0 Å². The van der Waals surface area contributed by atoms with Crippen LogP contribution in [0.25, 0.3) is 0 Å². The number of para-hydroxylation sites is 1. The fourth-order valence-electron chi connectivity index (χ4n) is 3.24. The van der Waals surface area contributed by atoms with Crippen LogP contribution >= 0.6 is 0 Å². The van der Waals surface area contributed by atoms with Gasteiger partial charge in [0.05, 0.1) is 25.3 Å². The molecule has 37 heavy (non-hydrogen) atoms. The number of amides is 2. The van der Waals surface area contributed by atoms with Gasteiger partial charge in [-0.15, -0.1) is 5.10 Å². The standard InChI is InChI=1S/C25H33N7O5/c1-25(2,26)23(33)28-20(17-35-15-18-9-5-4-6-10-18)22-29-30-31-32(22)13-14-36-21-12-8-7-11-19(21)16-37-24(34)27-3/h4-12,20H,13-17,26H2,1-3H3,(H,27,34)(H,28,33)/t20-/m1/s1. The Bertz CT molecular complexity index is 1150. The first-order chi connectivity index (χ1) is 17.8. The van der Waals surface area contributed by atoms with E-state index in [4.69, 9.17) is 19.9 Å². The minimum Gasteiger partial charge on any atom is -0.491 e. The molecule has 0 unspecified atom stereocenters. The maximum Gasteiger partial charge on any atom is 0.407 e. The number of hydrogen-bond donors (Lipinski definition) is 3. The van der Waals surface area contributed by atoms with Crippen molar-refractivity contribution in [2.45, 2.75) is 45.2 Å². The number of carbonyl (C=O) groups is 2. The summed E-state index contributed by atoms with van der Waals surface area (Å²) in [5.74, 6) is 0.615. The van der Waals surface area contributed by atoms with Crippen LogP contribution in [0.4, 0.5) is 4.79 Å². The molecule has 2 amide bonds. The third kappa shape index (κ3) is 8.54.